The van der Waals surface area contributed by atoms with Gasteiger partial charge in [0.2, 0.25) is 0 Å². The number of ether oxygens (including phenoxy) is 1. The highest BCUT2D eigenvalue weighted by molar-refractivity contribution is 14.1. The molecule has 0 aromatic heterocycles. The first-order valence-electron chi connectivity index (χ1n) is 9.52. The Bertz CT molecular complexity index is 1150. The number of urea groups is 1. The number of hydrogen-bond donors (Lipinski definition) is 1. The molecule has 0 saturated carbocycles. The molecule has 0 spiro atoms. The van der Waals surface area contributed by atoms with Crippen LogP contribution in [0.15, 0.2) is 72.4 Å². The second-order valence-electron chi connectivity index (χ2n) is 7.05. The minimum Gasteiger partial charge on any atom is -0.487 e. The van der Waals surface area contributed by atoms with Gasteiger partial charge < -0.3 is 10.1 Å². The number of nitrogens with zero attached hydrogens (tertiary/aromatic N) is 1. The number of hydrogen-bond acceptors (Lipinski definition) is 3. The standard InChI is InChI=1S/C24H18I2N2O3/c1-15-7-9-16(10-8-15)14-31-22-19(25)11-17(12-20(22)26)13-21-23(29)28(24(30)27-21)18-5-3-2-4-6-18/h2-13H,14H2,1H3,(H,27,30)/b21-13+. The van der Waals surface area contributed by atoms with Crippen molar-refractivity contribution in [1.82, 2.24) is 5.32 Å². The number of benzene rings is 3. The van der Waals surface area contributed by atoms with E-state index >= 15 is 0 Å². The molecule has 3 aromatic rings. The van der Waals surface area contributed by atoms with Crippen LogP contribution in [-0.2, 0) is 11.4 Å². The van der Waals surface area contributed by atoms with Gasteiger partial charge >= 0.3 is 6.03 Å². The zero-order valence-electron chi connectivity index (χ0n) is 16.6. The second-order valence-corrected chi connectivity index (χ2v) is 9.38. The lowest BCUT2D eigenvalue weighted by atomic mass is 10.1. The smallest absolute Gasteiger partial charge is 0.333 e. The predicted molar refractivity (Wildman–Crippen MR) is 138 cm³/mol. The molecule has 1 fully saturated rings. The fourth-order valence-electron chi connectivity index (χ4n) is 3.15. The first-order valence-corrected chi connectivity index (χ1v) is 11.7. The zero-order chi connectivity index (χ0) is 22.0. The molecule has 156 valence electrons. The summed E-state index contributed by atoms with van der Waals surface area (Å²) in [4.78, 5) is 26.3. The number of nitrogens with one attached hydrogen (secondary N) is 1. The number of aryl methyl sites for hydroxylation is 1. The Balaban J connectivity index is 1.54. The minimum absolute atomic E-state index is 0.244. The van der Waals surface area contributed by atoms with Crippen LogP contribution in [0.4, 0.5) is 10.5 Å². The number of imide groups is 1. The van der Waals surface area contributed by atoms with Gasteiger partial charge in [0.05, 0.1) is 12.8 Å². The molecule has 3 aromatic carbocycles. The number of anilines is 1. The van der Waals surface area contributed by atoms with E-state index in [4.69, 9.17) is 4.74 Å². The van der Waals surface area contributed by atoms with Gasteiger partial charge in [0.15, 0.2) is 0 Å². The Kier molecular flexibility index (Phi) is 6.61. The summed E-state index contributed by atoms with van der Waals surface area (Å²) < 4.78 is 7.91. The topological polar surface area (TPSA) is 58.6 Å². The van der Waals surface area contributed by atoms with E-state index in [2.05, 4.69) is 81.7 Å². The maximum absolute atomic E-state index is 12.8. The molecule has 31 heavy (non-hydrogen) atoms. The molecule has 0 bridgehead atoms. The van der Waals surface area contributed by atoms with Gasteiger partial charge in [0.1, 0.15) is 18.1 Å². The number of para-hydroxylation sites is 1. The maximum Gasteiger partial charge on any atom is 0.333 e. The number of carbonyl (C=O) groups excluding carboxylic acids is 2. The number of amides is 3. The summed E-state index contributed by atoms with van der Waals surface area (Å²) in [7, 11) is 0. The van der Waals surface area contributed by atoms with E-state index < -0.39 is 6.03 Å². The summed E-state index contributed by atoms with van der Waals surface area (Å²) in [6.45, 7) is 2.54. The first kappa shape index (κ1) is 21.8. The van der Waals surface area contributed by atoms with Crippen LogP contribution >= 0.6 is 45.2 Å². The van der Waals surface area contributed by atoms with Gasteiger partial charge in [-0.05, 0) is 93.6 Å². The largest absolute Gasteiger partial charge is 0.487 e. The molecule has 1 heterocycles. The van der Waals surface area contributed by atoms with E-state index in [9.17, 15) is 9.59 Å². The van der Waals surface area contributed by atoms with Gasteiger partial charge in [-0.25, -0.2) is 9.69 Å². The molecular weight excluding hydrogens is 618 g/mol. The third-order valence-corrected chi connectivity index (χ3v) is 6.33. The fourth-order valence-corrected chi connectivity index (χ4v) is 5.28. The minimum atomic E-state index is -0.454. The van der Waals surface area contributed by atoms with Gasteiger partial charge in [0, 0.05) is 0 Å². The Hall–Kier alpha value is -2.40. The second kappa shape index (κ2) is 9.39. The molecule has 0 atom stereocenters. The van der Waals surface area contributed by atoms with Crippen molar-refractivity contribution in [3.05, 3.63) is 96.3 Å². The molecule has 1 aliphatic rings. The molecule has 3 amide bonds. The van der Waals surface area contributed by atoms with Crippen molar-refractivity contribution in [2.24, 2.45) is 0 Å². The molecular formula is C24H18I2N2O3. The molecule has 0 unspecified atom stereocenters. The maximum atomic E-state index is 12.8. The van der Waals surface area contributed by atoms with Crippen LogP contribution < -0.4 is 15.0 Å². The van der Waals surface area contributed by atoms with E-state index in [0.717, 1.165) is 28.9 Å². The van der Waals surface area contributed by atoms with Crippen LogP contribution in [0.25, 0.3) is 6.08 Å². The highest BCUT2D eigenvalue weighted by atomic mass is 127. The summed E-state index contributed by atoms with van der Waals surface area (Å²) in [5.41, 5.74) is 3.91. The van der Waals surface area contributed by atoms with Crippen LogP contribution in [0.1, 0.15) is 16.7 Å². The molecule has 1 N–H and O–H groups in total. The summed E-state index contributed by atoms with van der Waals surface area (Å²) in [5.74, 6) is 0.428. The van der Waals surface area contributed by atoms with E-state index in [1.54, 1.807) is 30.3 Å². The van der Waals surface area contributed by atoms with Gasteiger partial charge in [-0.1, -0.05) is 48.0 Å². The zero-order valence-corrected chi connectivity index (χ0v) is 20.9. The van der Waals surface area contributed by atoms with Crippen molar-refractivity contribution in [1.29, 1.82) is 0 Å². The van der Waals surface area contributed by atoms with E-state index in [-0.39, 0.29) is 11.6 Å². The SMILES string of the molecule is Cc1ccc(COc2c(I)cc(/C=C3/NC(=O)N(c4ccccc4)C3=O)cc2I)cc1. The van der Waals surface area contributed by atoms with E-state index in [1.165, 1.54) is 5.56 Å². The number of rotatable bonds is 5. The molecule has 4 rings (SSSR count). The molecule has 0 aliphatic carbocycles. The van der Waals surface area contributed by atoms with Crippen molar-refractivity contribution in [2.45, 2.75) is 13.5 Å². The van der Waals surface area contributed by atoms with E-state index in [0.29, 0.717) is 12.3 Å². The molecule has 7 heteroatoms. The van der Waals surface area contributed by atoms with Crippen LogP contribution in [0.5, 0.6) is 5.75 Å². The van der Waals surface area contributed by atoms with Crippen LogP contribution in [0.3, 0.4) is 0 Å². The fraction of sp³-hybridized carbons (Fsp3) is 0.0833. The third-order valence-electron chi connectivity index (χ3n) is 4.73. The van der Waals surface area contributed by atoms with Crippen LogP contribution in [0.2, 0.25) is 0 Å². The average molecular weight is 636 g/mol. The van der Waals surface area contributed by atoms with Crippen molar-refractivity contribution in [3.8, 4) is 5.75 Å². The summed E-state index contributed by atoms with van der Waals surface area (Å²) in [6, 6.07) is 20.5. The number of carbonyl (C=O) groups is 2. The number of halogens is 2. The quantitative estimate of drug-likeness (QED) is 0.216. The van der Waals surface area contributed by atoms with E-state index in [1.807, 2.05) is 18.2 Å². The van der Waals surface area contributed by atoms with Gasteiger partial charge in [0.25, 0.3) is 5.91 Å². The lowest BCUT2D eigenvalue weighted by Gasteiger charge is -2.12. The molecule has 5 nitrogen and oxygen atoms in total. The Morgan fingerprint density at radius 3 is 2.26 bits per heavy atom. The lowest BCUT2D eigenvalue weighted by Crippen LogP contribution is -2.30. The van der Waals surface area contributed by atoms with Crippen LogP contribution in [-0.4, -0.2) is 11.9 Å². The van der Waals surface area contributed by atoms with Crippen LogP contribution in [0, 0.1) is 14.1 Å². The summed E-state index contributed by atoms with van der Waals surface area (Å²) in [6.07, 6.45) is 1.69. The lowest BCUT2D eigenvalue weighted by molar-refractivity contribution is -0.113. The van der Waals surface area contributed by atoms with Gasteiger partial charge in [-0.3, -0.25) is 4.79 Å². The summed E-state index contributed by atoms with van der Waals surface area (Å²) in [5, 5.41) is 2.67. The monoisotopic (exact) mass is 636 g/mol. The van der Waals surface area contributed by atoms with Gasteiger partial charge in [-0.15, -0.1) is 0 Å². The van der Waals surface area contributed by atoms with Gasteiger partial charge in [-0.2, -0.15) is 0 Å². The Labute approximate surface area is 207 Å². The first-order chi connectivity index (χ1) is 14.9. The average Bonchev–Trinajstić information content (AvgIpc) is 3.02. The van der Waals surface area contributed by atoms with Crippen molar-refractivity contribution >= 4 is 68.9 Å². The molecule has 0 radical (unpaired) electrons. The predicted octanol–water partition coefficient (Wildman–Crippen LogP) is 5.88. The third kappa shape index (κ3) is 4.93. The van der Waals surface area contributed by atoms with Crippen molar-refractivity contribution < 1.29 is 14.3 Å². The Morgan fingerprint density at radius 2 is 1.61 bits per heavy atom. The van der Waals surface area contributed by atoms with Crippen molar-refractivity contribution in [2.75, 3.05) is 4.90 Å². The summed E-state index contributed by atoms with van der Waals surface area (Å²) >= 11 is 4.45. The highest BCUT2D eigenvalue weighted by Gasteiger charge is 2.34. The normalized spacial score (nSPS) is 14.8. The van der Waals surface area contributed by atoms with Crippen molar-refractivity contribution in [3.63, 3.8) is 0 Å². The highest BCUT2D eigenvalue weighted by Crippen LogP contribution is 2.31. The molecule has 1 aliphatic heterocycles. The Morgan fingerprint density at radius 1 is 0.968 bits per heavy atom. The molecule has 1 saturated heterocycles.